The highest BCUT2D eigenvalue weighted by Gasteiger charge is 2.05. The average molecular weight is 242 g/mol. The minimum Gasteiger partial charge on any atom is -0.373 e. The van der Waals surface area contributed by atoms with Crippen LogP contribution in [0.2, 0.25) is 0 Å². The van der Waals surface area contributed by atoms with E-state index in [0.717, 1.165) is 13.1 Å². The maximum atomic E-state index is 3.45. The Morgan fingerprint density at radius 2 is 1.78 bits per heavy atom. The summed E-state index contributed by atoms with van der Waals surface area (Å²) >= 11 is 0. The van der Waals surface area contributed by atoms with Gasteiger partial charge in [-0.05, 0) is 11.5 Å². The highest BCUT2D eigenvalue weighted by Crippen LogP contribution is 2.25. The largest absolute Gasteiger partial charge is 0.373 e. The molecule has 0 saturated heterocycles. The first-order valence-electron chi connectivity index (χ1n) is 6.61. The van der Waals surface area contributed by atoms with E-state index in [1.807, 2.05) is 0 Å². The van der Waals surface area contributed by atoms with Gasteiger partial charge in [-0.25, -0.2) is 0 Å². The van der Waals surface area contributed by atoms with Crippen LogP contribution in [0, 0.1) is 0 Å². The second-order valence-electron chi connectivity index (χ2n) is 5.03. The van der Waals surface area contributed by atoms with Crippen LogP contribution >= 0.6 is 0 Å². The standard InChI is InChI=1S/C16H22N2/c1-13(2)17-11-12-18(3)16-10-6-8-14-7-4-5-9-15(14)16/h4-10,13,17H,11-12H2,1-3H3. The predicted octanol–water partition coefficient (Wildman–Crippen LogP) is 3.27. The minimum absolute atomic E-state index is 0.547. The summed E-state index contributed by atoms with van der Waals surface area (Å²) in [5.74, 6) is 0. The Bertz CT molecular complexity index is 500. The van der Waals surface area contributed by atoms with E-state index in [4.69, 9.17) is 0 Å². The fraction of sp³-hybridized carbons (Fsp3) is 0.375. The number of likely N-dealkylation sites (N-methyl/N-ethyl adjacent to an activating group) is 1. The molecule has 2 rings (SSSR count). The summed E-state index contributed by atoms with van der Waals surface area (Å²) in [7, 11) is 2.16. The van der Waals surface area contributed by atoms with E-state index < -0.39 is 0 Å². The molecular weight excluding hydrogens is 220 g/mol. The van der Waals surface area contributed by atoms with Crippen LogP contribution in [0.15, 0.2) is 42.5 Å². The highest BCUT2D eigenvalue weighted by atomic mass is 15.1. The van der Waals surface area contributed by atoms with Gasteiger partial charge < -0.3 is 10.2 Å². The molecule has 0 bridgehead atoms. The number of hydrogen-bond acceptors (Lipinski definition) is 2. The number of fused-ring (bicyclic) bond motifs is 1. The molecule has 0 atom stereocenters. The van der Waals surface area contributed by atoms with Gasteiger partial charge in [0, 0.05) is 37.3 Å². The SMILES string of the molecule is CC(C)NCCN(C)c1cccc2ccccc12. The fourth-order valence-electron chi connectivity index (χ4n) is 2.18. The molecule has 96 valence electrons. The van der Waals surface area contributed by atoms with Crippen molar-refractivity contribution in [2.24, 2.45) is 0 Å². The maximum absolute atomic E-state index is 3.45. The molecule has 0 unspecified atom stereocenters. The van der Waals surface area contributed by atoms with Gasteiger partial charge in [0.1, 0.15) is 0 Å². The Morgan fingerprint density at radius 1 is 1.06 bits per heavy atom. The van der Waals surface area contributed by atoms with Gasteiger partial charge in [0.2, 0.25) is 0 Å². The molecule has 18 heavy (non-hydrogen) atoms. The van der Waals surface area contributed by atoms with E-state index in [-0.39, 0.29) is 0 Å². The summed E-state index contributed by atoms with van der Waals surface area (Å²) in [6, 6.07) is 15.6. The Kier molecular flexibility index (Phi) is 4.21. The third kappa shape index (κ3) is 3.02. The van der Waals surface area contributed by atoms with Gasteiger partial charge >= 0.3 is 0 Å². The molecule has 2 nitrogen and oxygen atoms in total. The lowest BCUT2D eigenvalue weighted by Crippen LogP contribution is -2.32. The van der Waals surface area contributed by atoms with Gasteiger partial charge in [-0.3, -0.25) is 0 Å². The molecule has 0 aliphatic rings. The van der Waals surface area contributed by atoms with Gasteiger partial charge in [-0.2, -0.15) is 0 Å². The van der Waals surface area contributed by atoms with Gasteiger partial charge in [0.05, 0.1) is 0 Å². The van der Waals surface area contributed by atoms with Gasteiger partial charge in [-0.15, -0.1) is 0 Å². The Labute approximate surface area is 110 Å². The zero-order valence-corrected chi connectivity index (χ0v) is 11.5. The number of rotatable bonds is 5. The third-order valence-corrected chi connectivity index (χ3v) is 3.18. The Balaban J connectivity index is 2.15. The van der Waals surface area contributed by atoms with Crippen molar-refractivity contribution in [2.75, 3.05) is 25.0 Å². The molecule has 0 saturated carbocycles. The molecule has 2 aromatic rings. The molecule has 0 aromatic heterocycles. The molecule has 0 fully saturated rings. The van der Waals surface area contributed by atoms with Crippen LogP contribution in [0.4, 0.5) is 5.69 Å². The van der Waals surface area contributed by atoms with E-state index in [1.54, 1.807) is 0 Å². The molecule has 0 spiro atoms. The topological polar surface area (TPSA) is 15.3 Å². The number of hydrogen-bond donors (Lipinski definition) is 1. The summed E-state index contributed by atoms with van der Waals surface area (Å²) < 4.78 is 0. The predicted molar refractivity (Wildman–Crippen MR) is 80.4 cm³/mol. The second-order valence-corrected chi connectivity index (χ2v) is 5.03. The van der Waals surface area contributed by atoms with Crippen molar-refractivity contribution < 1.29 is 0 Å². The summed E-state index contributed by atoms with van der Waals surface area (Å²) in [4.78, 5) is 2.32. The third-order valence-electron chi connectivity index (χ3n) is 3.18. The molecule has 0 radical (unpaired) electrons. The summed E-state index contributed by atoms with van der Waals surface area (Å²) in [5.41, 5.74) is 1.30. The van der Waals surface area contributed by atoms with Crippen molar-refractivity contribution in [3.63, 3.8) is 0 Å². The van der Waals surface area contributed by atoms with Crippen LogP contribution in [0.3, 0.4) is 0 Å². The number of benzene rings is 2. The highest BCUT2D eigenvalue weighted by molar-refractivity contribution is 5.94. The van der Waals surface area contributed by atoms with Crippen molar-refractivity contribution in [3.8, 4) is 0 Å². The van der Waals surface area contributed by atoms with Crippen LogP contribution in [0.25, 0.3) is 10.8 Å². The molecule has 2 aromatic carbocycles. The lowest BCUT2D eigenvalue weighted by Gasteiger charge is -2.22. The zero-order chi connectivity index (χ0) is 13.0. The quantitative estimate of drug-likeness (QED) is 0.865. The van der Waals surface area contributed by atoms with E-state index in [0.29, 0.717) is 6.04 Å². The zero-order valence-electron chi connectivity index (χ0n) is 11.5. The van der Waals surface area contributed by atoms with Crippen LogP contribution in [-0.4, -0.2) is 26.2 Å². The minimum atomic E-state index is 0.547. The fourth-order valence-corrected chi connectivity index (χ4v) is 2.18. The number of anilines is 1. The monoisotopic (exact) mass is 242 g/mol. The van der Waals surface area contributed by atoms with Crippen molar-refractivity contribution in [1.29, 1.82) is 0 Å². The molecular formula is C16H22N2. The summed E-state index contributed by atoms with van der Waals surface area (Å²) in [6.45, 7) is 6.39. The number of nitrogens with zero attached hydrogens (tertiary/aromatic N) is 1. The lowest BCUT2D eigenvalue weighted by atomic mass is 10.1. The van der Waals surface area contributed by atoms with Crippen LogP contribution < -0.4 is 10.2 Å². The van der Waals surface area contributed by atoms with Crippen molar-refractivity contribution in [1.82, 2.24) is 5.32 Å². The molecule has 0 aliphatic heterocycles. The molecule has 0 amide bonds. The van der Waals surface area contributed by atoms with Crippen molar-refractivity contribution in [3.05, 3.63) is 42.5 Å². The van der Waals surface area contributed by atoms with E-state index >= 15 is 0 Å². The Morgan fingerprint density at radius 3 is 2.56 bits per heavy atom. The normalized spacial score (nSPS) is 11.1. The Hall–Kier alpha value is -1.54. The van der Waals surface area contributed by atoms with Crippen molar-refractivity contribution >= 4 is 16.5 Å². The van der Waals surface area contributed by atoms with E-state index in [9.17, 15) is 0 Å². The molecule has 0 aliphatic carbocycles. The second kappa shape index (κ2) is 5.87. The first kappa shape index (κ1) is 12.9. The molecule has 0 heterocycles. The first-order valence-corrected chi connectivity index (χ1v) is 6.61. The van der Waals surface area contributed by atoms with Gasteiger partial charge in [0.25, 0.3) is 0 Å². The summed E-state index contributed by atoms with van der Waals surface area (Å²) in [6.07, 6.45) is 0. The number of nitrogens with one attached hydrogen (secondary N) is 1. The van der Waals surface area contributed by atoms with Gasteiger partial charge in [0.15, 0.2) is 0 Å². The first-order chi connectivity index (χ1) is 8.68. The van der Waals surface area contributed by atoms with E-state index in [1.165, 1.54) is 16.5 Å². The molecule has 1 N–H and O–H groups in total. The van der Waals surface area contributed by atoms with Crippen molar-refractivity contribution in [2.45, 2.75) is 19.9 Å². The smallest absolute Gasteiger partial charge is 0.0443 e. The lowest BCUT2D eigenvalue weighted by molar-refractivity contribution is 0.589. The molecule has 2 heteroatoms. The van der Waals surface area contributed by atoms with E-state index in [2.05, 4.69) is 73.6 Å². The maximum Gasteiger partial charge on any atom is 0.0443 e. The van der Waals surface area contributed by atoms with Crippen LogP contribution in [-0.2, 0) is 0 Å². The van der Waals surface area contributed by atoms with Gasteiger partial charge in [-0.1, -0.05) is 50.2 Å². The van der Waals surface area contributed by atoms with Crippen LogP contribution in [0.5, 0.6) is 0 Å². The van der Waals surface area contributed by atoms with Crippen LogP contribution in [0.1, 0.15) is 13.8 Å². The average Bonchev–Trinajstić information content (AvgIpc) is 2.37. The summed E-state index contributed by atoms with van der Waals surface area (Å²) in [5, 5.41) is 6.08.